The van der Waals surface area contributed by atoms with Gasteiger partial charge < -0.3 is 19.5 Å². The molecule has 2 aromatic carbocycles. The van der Waals surface area contributed by atoms with E-state index < -0.39 is 29.3 Å². The lowest BCUT2D eigenvalue weighted by molar-refractivity contribution is -0.140. The molecule has 6 nitrogen and oxygen atoms in total. The lowest BCUT2D eigenvalue weighted by Gasteiger charge is -2.25. The number of carbonyl (C=O) groups excluding carboxylic acids is 2. The molecule has 1 atom stereocenters. The fraction of sp³-hybridized carbons (Fsp3) is 0.238. The Labute approximate surface area is 172 Å². The number of rotatable bonds is 6. The van der Waals surface area contributed by atoms with Gasteiger partial charge in [0.05, 0.1) is 30.4 Å². The second kappa shape index (κ2) is 8.63. The SMILES string of the molecule is COCCN1C(=O)C(=O)/C(=C(/O)c2ccc(Cl)c(OC)c2)C1c1ccccc1F. The van der Waals surface area contributed by atoms with Gasteiger partial charge >= 0.3 is 0 Å². The van der Waals surface area contributed by atoms with Gasteiger partial charge in [-0.15, -0.1) is 0 Å². The van der Waals surface area contributed by atoms with Crippen molar-refractivity contribution in [3.8, 4) is 5.75 Å². The molecule has 0 bridgehead atoms. The third-order valence-corrected chi connectivity index (χ3v) is 5.01. The molecular weight excluding hydrogens is 401 g/mol. The molecular formula is C21H19ClFNO5. The molecule has 1 aliphatic heterocycles. The van der Waals surface area contributed by atoms with Gasteiger partial charge in [0.1, 0.15) is 17.3 Å². The highest BCUT2D eigenvalue weighted by Crippen LogP contribution is 2.40. The third-order valence-electron chi connectivity index (χ3n) is 4.70. The fourth-order valence-electron chi connectivity index (χ4n) is 3.28. The monoisotopic (exact) mass is 419 g/mol. The predicted molar refractivity (Wildman–Crippen MR) is 105 cm³/mol. The van der Waals surface area contributed by atoms with Crippen LogP contribution in [0.4, 0.5) is 4.39 Å². The number of hydrogen-bond acceptors (Lipinski definition) is 5. The van der Waals surface area contributed by atoms with Crippen LogP contribution >= 0.6 is 11.6 Å². The summed E-state index contributed by atoms with van der Waals surface area (Å²) in [5.74, 6) is -2.49. The highest BCUT2D eigenvalue weighted by Gasteiger charge is 2.46. The maximum Gasteiger partial charge on any atom is 0.295 e. The van der Waals surface area contributed by atoms with Crippen molar-refractivity contribution < 1.29 is 28.6 Å². The molecule has 1 N–H and O–H groups in total. The first kappa shape index (κ1) is 20.8. The quantitative estimate of drug-likeness (QED) is 0.440. The van der Waals surface area contributed by atoms with Crippen LogP contribution in [0.2, 0.25) is 5.02 Å². The Hall–Kier alpha value is -2.90. The highest BCUT2D eigenvalue weighted by atomic mass is 35.5. The molecule has 2 aromatic rings. The minimum Gasteiger partial charge on any atom is -0.507 e. The van der Waals surface area contributed by atoms with Gasteiger partial charge in [-0.25, -0.2) is 4.39 Å². The molecule has 1 aliphatic rings. The van der Waals surface area contributed by atoms with E-state index in [9.17, 15) is 19.1 Å². The van der Waals surface area contributed by atoms with Crippen molar-refractivity contribution >= 4 is 29.1 Å². The number of benzene rings is 2. The lowest BCUT2D eigenvalue weighted by Crippen LogP contribution is -2.33. The lowest BCUT2D eigenvalue weighted by atomic mass is 9.95. The van der Waals surface area contributed by atoms with Gasteiger partial charge in [-0.2, -0.15) is 0 Å². The summed E-state index contributed by atoms with van der Waals surface area (Å²) in [6.07, 6.45) is 0. The Morgan fingerprint density at radius 1 is 1.21 bits per heavy atom. The van der Waals surface area contributed by atoms with Crippen LogP contribution in [0, 0.1) is 5.82 Å². The Morgan fingerprint density at radius 3 is 2.59 bits per heavy atom. The maximum atomic E-state index is 14.6. The van der Waals surface area contributed by atoms with Crippen LogP contribution in [-0.4, -0.2) is 49.1 Å². The smallest absolute Gasteiger partial charge is 0.295 e. The van der Waals surface area contributed by atoms with Crippen LogP contribution in [0.15, 0.2) is 48.0 Å². The Morgan fingerprint density at radius 2 is 1.93 bits per heavy atom. The van der Waals surface area contributed by atoms with Crippen LogP contribution in [-0.2, 0) is 14.3 Å². The summed E-state index contributed by atoms with van der Waals surface area (Å²) in [7, 11) is 2.86. The summed E-state index contributed by atoms with van der Waals surface area (Å²) in [4.78, 5) is 26.6. The van der Waals surface area contributed by atoms with Crippen molar-refractivity contribution in [2.75, 3.05) is 27.4 Å². The number of aliphatic hydroxyl groups is 1. The van der Waals surface area contributed by atoms with Crippen molar-refractivity contribution in [3.63, 3.8) is 0 Å². The van der Waals surface area contributed by atoms with Crippen LogP contribution in [0.25, 0.3) is 5.76 Å². The van der Waals surface area contributed by atoms with Gasteiger partial charge in [0.2, 0.25) is 0 Å². The topological polar surface area (TPSA) is 76.1 Å². The average molecular weight is 420 g/mol. The van der Waals surface area contributed by atoms with E-state index >= 15 is 0 Å². The van der Waals surface area contributed by atoms with E-state index in [-0.39, 0.29) is 35.6 Å². The molecule has 1 heterocycles. The molecule has 29 heavy (non-hydrogen) atoms. The summed E-state index contributed by atoms with van der Waals surface area (Å²) in [6, 6.07) is 9.14. The summed E-state index contributed by atoms with van der Waals surface area (Å²) in [5, 5.41) is 11.2. The molecule has 1 unspecified atom stereocenters. The number of halogens is 2. The van der Waals surface area contributed by atoms with E-state index in [1.165, 1.54) is 55.5 Å². The van der Waals surface area contributed by atoms with Gasteiger partial charge in [-0.3, -0.25) is 9.59 Å². The number of ketones is 1. The molecule has 3 rings (SSSR count). The molecule has 1 amide bonds. The fourth-order valence-corrected chi connectivity index (χ4v) is 3.48. The molecule has 1 fully saturated rings. The number of Topliss-reactive ketones (excluding diaryl/α,β-unsaturated/α-hetero) is 1. The standard InChI is InChI=1S/C21H19ClFNO5/c1-28-10-9-24-18(13-5-3-4-6-15(13)23)17(20(26)21(24)27)19(25)12-7-8-14(22)16(11-12)29-2/h3-8,11,18,25H,9-10H2,1-2H3/b19-17+. The first-order chi connectivity index (χ1) is 13.9. The molecule has 0 saturated carbocycles. The second-order valence-corrected chi connectivity index (χ2v) is 6.76. The van der Waals surface area contributed by atoms with Crippen molar-refractivity contribution in [1.29, 1.82) is 0 Å². The zero-order chi connectivity index (χ0) is 21.1. The normalized spacial score (nSPS) is 18.3. The maximum absolute atomic E-state index is 14.6. The van der Waals surface area contributed by atoms with Crippen molar-refractivity contribution in [1.82, 2.24) is 4.90 Å². The molecule has 0 aliphatic carbocycles. The van der Waals surface area contributed by atoms with Crippen LogP contribution in [0.5, 0.6) is 5.75 Å². The number of aliphatic hydroxyl groups excluding tert-OH is 1. The van der Waals surface area contributed by atoms with Gasteiger partial charge in [-0.05, 0) is 24.3 Å². The first-order valence-electron chi connectivity index (χ1n) is 8.76. The Kier molecular flexibility index (Phi) is 6.20. The molecule has 152 valence electrons. The Balaban J connectivity index is 2.20. The summed E-state index contributed by atoms with van der Waals surface area (Å²) >= 11 is 6.02. The van der Waals surface area contributed by atoms with Crippen LogP contribution in [0.1, 0.15) is 17.2 Å². The minimum absolute atomic E-state index is 0.0563. The van der Waals surface area contributed by atoms with E-state index in [0.29, 0.717) is 5.02 Å². The first-order valence-corrected chi connectivity index (χ1v) is 9.14. The molecule has 8 heteroatoms. The molecule has 0 spiro atoms. The zero-order valence-electron chi connectivity index (χ0n) is 15.8. The number of methoxy groups -OCH3 is 2. The Bertz CT molecular complexity index is 991. The van der Waals surface area contributed by atoms with Crippen molar-refractivity contribution in [2.24, 2.45) is 0 Å². The van der Waals surface area contributed by atoms with Crippen molar-refractivity contribution in [2.45, 2.75) is 6.04 Å². The number of likely N-dealkylation sites (tertiary alicyclic amines) is 1. The number of carbonyl (C=O) groups is 2. The van der Waals surface area contributed by atoms with Gasteiger partial charge in [0.25, 0.3) is 11.7 Å². The van der Waals surface area contributed by atoms with Gasteiger partial charge in [0, 0.05) is 24.8 Å². The van der Waals surface area contributed by atoms with E-state index in [4.69, 9.17) is 21.1 Å². The van der Waals surface area contributed by atoms with Gasteiger partial charge in [-0.1, -0.05) is 29.8 Å². The summed E-state index contributed by atoms with van der Waals surface area (Å²) in [5.41, 5.74) is 0.114. The predicted octanol–water partition coefficient (Wildman–Crippen LogP) is 3.56. The third kappa shape index (κ3) is 3.83. The minimum atomic E-state index is -1.09. The largest absolute Gasteiger partial charge is 0.507 e. The number of amides is 1. The molecule has 0 aromatic heterocycles. The number of hydrogen-bond donors (Lipinski definition) is 1. The van der Waals surface area contributed by atoms with Crippen LogP contribution in [0.3, 0.4) is 0 Å². The van der Waals surface area contributed by atoms with E-state index in [1.54, 1.807) is 6.07 Å². The van der Waals surface area contributed by atoms with Gasteiger partial charge in [0.15, 0.2) is 0 Å². The summed E-state index contributed by atoms with van der Waals surface area (Å²) < 4.78 is 24.7. The zero-order valence-corrected chi connectivity index (χ0v) is 16.6. The number of nitrogens with zero attached hydrogens (tertiary/aromatic N) is 1. The van der Waals surface area contributed by atoms with Crippen LogP contribution < -0.4 is 4.74 Å². The van der Waals surface area contributed by atoms with E-state index in [2.05, 4.69) is 0 Å². The molecule has 1 saturated heterocycles. The second-order valence-electron chi connectivity index (χ2n) is 6.36. The number of ether oxygens (including phenoxy) is 2. The van der Waals surface area contributed by atoms with E-state index in [1.807, 2.05) is 0 Å². The average Bonchev–Trinajstić information content (AvgIpc) is 2.97. The summed E-state index contributed by atoms with van der Waals surface area (Å²) in [6.45, 7) is 0.202. The van der Waals surface area contributed by atoms with Crippen molar-refractivity contribution in [3.05, 3.63) is 70.0 Å². The highest BCUT2D eigenvalue weighted by molar-refractivity contribution is 6.46. The molecule has 0 radical (unpaired) electrons. The van der Waals surface area contributed by atoms with E-state index in [0.717, 1.165) is 0 Å².